The summed E-state index contributed by atoms with van der Waals surface area (Å²) in [7, 11) is 3.73. The van der Waals surface area contributed by atoms with Gasteiger partial charge in [-0.05, 0) is 42.8 Å². The number of anilines is 2. The van der Waals surface area contributed by atoms with Gasteiger partial charge in [-0.2, -0.15) is 0 Å². The molecule has 19 heavy (non-hydrogen) atoms. The molecule has 0 fully saturated rings. The monoisotopic (exact) mass is 256 g/mol. The summed E-state index contributed by atoms with van der Waals surface area (Å²) in [4.78, 5) is 2.13. The maximum absolute atomic E-state index is 5.56. The van der Waals surface area contributed by atoms with Crippen molar-refractivity contribution in [2.24, 2.45) is 5.73 Å². The molecule has 0 saturated heterocycles. The predicted octanol–water partition coefficient (Wildman–Crippen LogP) is 2.96. The Morgan fingerprint density at radius 3 is 2.42 bits per heavy atom. The maximum atomic E-state index is 5.56. The van der Waals surface area contributed by atoms with Gasteiger partial charge in [0, 0.05) is 24.5 Å². The molecule has 0 heterocycles. The van der Waals surface area contributed by atoms with E-state index in [1.165, 1.54) is 5.56 Å². The van der Waals surface area contributed by atoms with Crippen molar-refractivity contribution in [1.29, 1.82) is 0 Å². The summed E-state index contributed by atoms with van der Waals surface area (Å²) in [6.07, 6.45) is 0.920. The minimum absolute atomic E-state index is 0.686. The molecule has 2 aromatic carbocycles. The molecule has 0 aromatic heterocycles. The molecule has 0 aliphatic carbocycles. The van der Waals surface area contributed by atoms with Crippen LogP contribution in [0.5, 0.6) is 5.75 Å². The molecule has 0 aliphatic rings. The highest BCUT2D eigenvalue weighted by atomic mass is 16.5. The summed E-state index contributed by atoms with van der Waals surface area (Å²) < 4.78 is 5.25. The van der Waals surface area contributed by atoms with Crippen LogP contribution in [0.25, 0.3) is 0 Å². The molecule has 3 nitrogen and oxygen atoms in total. The summed E-state index contributed by atoms with van der Waals surface area (Å²) in [6, 6.07) is 16.5. The van der Waals surface area contributed by atoms with Crippen LogP contribution in [0.1, 0.15) is 5.56 Å². The molecular weight excluding hydrogens is 236 g/mol. The topological polar surface area (TPSA) is 38.5 Å². The van der Waals surface area contributed by atoms with Gasteiger partial charge in [-0.15, -0.1) is 0 Å². The fraction of sp³-hybridized carbons (Fsp3) is 0.250. The van der Waals surface area contributed by atoms with Crippen LogP contribution in [-0.4, -0.2) is 20.7 Å². The van der Waals surface area contributed by atoms with Gasteiger partial charge in [-0.25, -0.2) is 0 Å². The van der Waals surface area contributed by atoms with Crippen LogP contribution in [-0.2, 0) is 6.42 Å². The second-order valence-electron chi connectivity index (χ2n) is 4.47. The quantitative estimate of drug-likeness (QED) is 0.894. The fourth-order valence-corrected chi connectivity index (χ4v) is 2.02. The number of hydrogen-bond acceptors (Lipinski definition) is 3. The average Bonchev–Trinajstić information content (AvgIpc) is 2.48. The molecule has 100 valence electrons. The molecule has 0 saturated carbocycles. The third-order valence-electron chi connectivity index (χ3n) is 3.20. The summed E-state index contributed by atoms with van der Waals surface area (Å²) >= 11 is 0. The zero-order valence-electron chi connectivity index (χ0n) is 11.5. The molecule has 0 radical (unpaired) electrons. The Labute approximate surface area is 114 Å². The predicted molar refractivity (Wildman–Crippen MR) is 80.3 cm³/mol. The lowest BCUT2D eigenvalue weighted by Gasteiger charge is -2.20. The molecule has 3 heteroatoms. The second-order valence-corrected chi connectivity index (χ2v) is 4.47. The average molecular weight is 256 g/mol. The van der Waals surface area contributed by atoms with Crippen molar-refractivity contribution < 1.29 is 4.74 Å². The number of ether oxygens (including phenoxy) is 1. The Bertz CT molecular complexity index is 523. The van der Waals surface area contributed by atoms with Crippen molar-refractivity contribution >= 4 is 11.4 Å². The number of hydrogen-bond donors (Lipinski definition) is 1. The van der Waals surface area contributed by atoms with E-state index in [0.717, 1.165) is 23.5 Å². The number of methoxy groups -OCH3 is 1. The maximum Gasteiger partial charge on any atom is 0.120 e. The minimum atomic E-state index is 0.686. The van der Waals surface area contributed by atoms with Crippen molar-refractivity contribution in [3.05, 3.63) is 54.1 Å². The van der Waals surface area contributed by atoms with Crippen molar-refractivity contribution in [3.8, 4) is 5.75 Å². The van der Waals surface area contributed by atoms with E-state index in [2.05, 4.69) is 35.2 Å². The lowest BCUT2D eigenvalue weighted by Crippen LogP contribution is -2.09. The SMILES string of the molecule is COc1cccc(N(C)c2ccc(CCN)cc2)c1. The number of nitrogens with two attached hydrogens (primary N) is 1. The van der Waals surface area contributed by atoms with Gasteiger partial charge in [-0.1, -0.05) is 18.2 Å². The van der Waals surface area contributed by atoms with Crippen molar-refractivity contribution in [3.63, 3.8) is 0 Å². The smallest absolute Gasteiger partial charge is 0.120 e. The van der Waals surface area contributed by atoms with Crippen molar-refractivity contribution in [2.75, 3.05) is 25.6 Å². The molecule has 0 aliphatic heterocycles. The fourth-order valence-electron chi connectivity index (χ4n) is 2.02. The number of rotatable bonds is 5. The standard InChI is InChI=1S/C16H20N2O/c1-18(15-4-3-5-16(12-15)19-2)14-8-6-13(7-9-14)10-11-17/h3-9,12H,10-11,17H2,1-2H3. The van der Waals surface area contributed by atoms with E-state index >= 15 is 0 Å². The zero-order chi connectivity index (χ0) is 13.7. The van der Waals surface area contributed by atoms with Gasteiger partial charge >= 0.3 is 0 Å². The molecular formula is C16H20N2O. The van der Waals surface area contributed by atoms with E-state index in [-0.39, 0.29) is 0 Å². The lowest BCUT2D eigenvalue weighted by molar-refractivity contribution is 0.415. The van der Waals surface area contributed by atoms with Crippen molar-refractivity contribution in [2.45, 2.75) is 6.42 Å². The Kier molecular flexibility index (Phi) is 4.42. The Morgan fingerprint density at radius 2 is 1.79 bits per heavy atom. The van der Waals surface area contributed by atoms with Crippen LogP contribution in [0.4, 0.5) is 11.4 Å². The van der Waals surface area contributed by atoms with E-state index < -0.39 is 0 Å². The highest BCUT2D eigenvalue weighted by Crippen LogP contribution is 2.26. The first-order valence-corrected chi connectivity index (χ1v) is 6.41. The summed E-state index contributed by atoms with van der Waals surface area (Å²) in [5.41, 5.74) is 9.08. The molecule has 0 atom stereocenters. The van der Waals surface area contributed by atoms with Crippen LogP contribution < -0.4 is 15.4 Å². The van der Waals surface area contributed by atoms with E-state index in [1.807, 2.05) is 25.2 Å². The summed E-state index contributed by atoms with van der Waals surface area (Å²) in [6.45, 7) is 0.686. The second kappa shape index (κ2) is 6.25. The van der Waals surface area contributed by atoms with E-state index in [1.54, 1.807) is 7.11 Å². The molecule has 0 bridgehead atoms. The summed E-state index contributed by atoms with van der Waals surface area (Å²) in [5, 5.41) is 0. The molecule has 2 aromatic rings. The van der Waals surface area contributed by atoms with Crippen LogP contribution in [0.2, 0.25) is 0 Å². The van der Waals surface area contributed by atoms with E-state index in [0.29, 0.717) is 6.54 Å². The summed E-state index contributed by atoms with van der Waals surface area (Å²) in [5.74, 6) is 0.865. The number of benzene rings is 2. The van der Waals surface area contributed by atoms with Gasteiger partial charge in [0.1, 0.15) is 5.75 Å². The van der Waals surface area contributed by atoms with Crippen LogP contribution in [0.3, 0.4) is 0 Å². The lowest BCUT2D eigenvalue weighted by atomic mass is 10.1. The highest BCUT2D eigenvalue weighted by molar-refractivity contribution is 5.64. The Morgan fingerprint density at radius 1 is 1.05 bits per heavy atom. The van der Waals surface area contributed by atoms with E-state index in [9.17, 15) is 0 Å². The molecule has 0 unspecified atom stereocenters. The third-order valence-corrected chi connectivity index (χ3v) is 3.20. The molecule has 0 amide bonds. The minimum Gasteiger partial charge on any atom is -0.497 e. The van der Waals surface area contributed by atoms with Gasteiger partial charge in [-0.3, -0.25) is 0 Å². The van der Waals surface area contributed by atoms with Crippen molar-refractivity contribution in [1.82, 2.24) is 0 Å². The van der Waals surface area contributed by atoms with Crippen LogP contribution in [0.15, 0.2) is 48.5 Å². The molecule has 2 N–H and O–H groups in total. The van der Waals surface area contributed by atoms with E-state index in [4.69, 9.17) is 10.5 Å². The Hall–Kier alpha value is -2.00. The van der Waals surface area contributed by atoms with Crippen LogP contribution in [0, 0.1) is 0 Å². The van der Waals surface area contributed by atoms with Gasteiger partial charge in [0.05, 0.1) is 7.11 Å². The first kappa shape index (κ1) is 13.4. The first-order chi connectivity index (χ1) is 9.24. The largest absolute Gasteiger partial charge is 0.497 e. The zero-order valence-corrected chi connectivity index (χ0v) is 11.5. The van der Waals surface area contributed by atoms with Crippen LogP contribution >= 0.6 is 0 Å². The molecule has 0 spiro atoms. The molecule has 2 rings (SSSR count). The number of nitrogens with zero attached hydrogens (tertiary/aromatic N) is 1. The Balaban J connectivity index is 2.20. The third kappa shape index (κ3) is 3.26. The van der Waals surface area contributed by atoms with Gasteiger partial charge < -0.3 is 15.4 Å². The first-order valence-electron chi connectivity index (χ1n) is 6.41. The van der Waals surface area contributed by atoms with Gasteiger partial charge in [0.25, 0.3) is 0 Å². The normalized spacial score (nSPS) is 10.3. The van der Waals surface area contributed by atoms with Gasteiger partial charge in [0.2, 0.25) is 0 Å². The van der Waals surface area contributed by atoms with Gasteiger partial charge in [0.15, 0.2) is 0 Å². The highest BCUT2D eigenvalue weighted by Gasteiger charge is 2.04.